The van der Waals surface area contributed by atoms with Crippen molar-refractivity contribution in [2.75, 3.05) is 11.4 Å². The highest BCUT2D eigenvalue weighted by Gasteiger charge is 2.19. The summed E-state index contributed by atoms with van der Waals surface area (Å²) in [5.74, 6) is -0.928. The molecule has 0 saturated heterocycles. The minimum atomic E-state index is -0.928. The number of nitriles is 1. The Morgan fingerprint density at radius 2 is 2.36 bits per heavy atom. The smallest absolute Gasteiger partial charge is 0.335 e. The molecule has 2 rings (SSSR count). The third-order valence-electron chi connectivity index (χ3n) is 2.34. The number of hydrogen-bond donors (Lipinski definition) is 1. The lowest BCUT2D eigenvalue weighted by Crippen LogP contribution is -2.11. The summed E-state index contributed by atoms with van der Waals surface area (Å²) in [6.07, 6.45) is 2.79. The Morgan fingerprint density at radius 1 is 1.57 bits per heavy atom. The zero-order chi connectivity index (χ0) is 10.1. The average Bonchev–Trinajstić information content (AvgIpc) is 2.59. The molecule has 70 valence electrons. The quantitative estimate of drug-likeness (QED) is 0.673. The van der Waals surface area contributed by atoms with E-state index >= 15 is 0 Å². The van der Waals surface area contributed by atoms with Gasteiger partial charge in [0.1, 0.15) is 0 Å². The van der Waals surface area contributed by atoms with E-state index in [-0.39, 0.29) is 5.56 Å². The van der Waals surface area contributed by atoms with Gasteiger partial charge in [-0.15, -0.1) is 0 Å². The van der Waals surface area contributed by atoms with Crippen molar-refractivity contribution in [2.24, 2.45) is 0 Å². The van der Waals surface area contributed by atoms with Crippen molar-refractivity contribution in [1.29, 1.82) is 5.26 Å². The number of carboxylic acid groups (broad SMARTS) is 1. The Labute approximate surface area is 81.0 Å². The van der Waals surface area contributed by atoms with Crippen LogP contribution in [0.15, 0.2) is 18.2 Å². The maximum absolute atomic E-state index is 10.7. The molecule has 1 aliphatic heterocycles. The fourth-order valence-corrected chi connectivity index (χ4v) is 1.64. The first-order valence-electron chi connectivity index (χ1n) is 4.26. The van der Waals surface area contributed by atoms with Crippen LogP contribution >= 0.6 is 0 Å². The van der Waals surface area contributed by atoms with E-state index in [1.54, 1.807) is 17.0 Å². The molecule has 0 bridgehead atoms. The number of benzene rings is 1. The van der Waals surface area contributed by atoms with Gasteiger partial charge in [-0.2, -0.15) is 5.26 Å². The molecule has 0 atom stereocenters. The largest absolute Gasteiger partial charge is 0.478 e. The van der Waals surface area contributed by atoms with Crippen LogP contribution in [0.1, 0.15) is 15.9 Å². The second-order valence-electron chi connectivity index (χ2n) is 3.15. The monoisotopic (exact) mass is 188 g/mol. The summed E-state index contributed by atoms with van der Waals surface area (Å²) in [5.41, 5.74) is 2.05. The topological polar surface area (TPSA) is 64.3 Å². The maximum atomic E-state index is 10.7. The van der Waals surface area contributed by atoms with Crippen LogP contribution in [0.4, 0.5) is 5.69 Å². The predicted octanol–water partition coefficient (Wildman–Crippen LogP) is 1.23. The van der Waals surface area contributed by atoms with E-state index in [0.29, 0.717) is 6.54 Å². The van der Waals surface area contributed by atoms with Crippen LogP contribution in [0.5, 0.6) is 0 Å². The van der Waals surface area contributed by atoms with Gasteiger partial charge in [0.25, 0.3) is 0 Å². The molecule has 0 amide bonds. The zero-order valence-electron chi connectivity index (χ0n) is 7.40. The summed E-state index contributed by atoms with van der Waals surface area (Å²) in [6, 6.07) is 4.85. The molecule has 0 aliphatic carbocycles. The first kappa shape index (κ1) is 8.57. The maximum Gasteiger partial charge on any atom is 0.335 e. The van der Waals surface area contributed by atoms with Gasteiger partial charge in [0.15, 0.2) is 6.19 Å². The fourth-order valence-electron chi connectivity index (χ4n) is 1.64. The van der Waals surface area contributed by atoms with E-state index in [0.717, 1.165) is 17.7 Å². The van der Waals surface area contributed by atoms with Crippen LogP contribution in [0.25, 0.3) is 0 Å². The minimum absolute atomic E-state index is 0.281. The highest BCUT2D eigenvalue weighted by atomic mass is 16.4. The summed E-state index contributed by atoms with van der Waals surface area (Å²) in [7, 11) is 0. The normalized spacial score (nSPS) is 13.5. The number of fused-ring (bicyclic) bond motifs is 1. The Kier molecular flexibility index (Phi) is 1.86. The molecule has 1 N–H and O–H groups in total. The summed E-state index contributed by atoms with van der Waals surface area (Å²) < 4.78 is 0. The molecule has 4 heteroatoms. The number of anilines is 1. The third kappa shape index (κ3) is 1.19. The molecule has 0 radical (unpaired) electrons. The number of nitrogens with zero attached hydrogens (tertiary/aromatic N) is 2. The van der Waals surface area contributed by atoms with Crippen molar-refractivity contribution in [3.8, 4) is 6.19 Å². The van der Waals surface area contributed by atoms with Crippen molar-refractivity contribution in [1.82, 2.24) is 0 Å². The highest BCUT2D eigenvalue weighted by molar-refractivity contribution is 5.89. The second kappa shape index (κ2) is 3.04. The highest BCUT2D eigenvalue weighted by Crippen LogP contribution is 2.27. The molecule has 14 heavy (non-hydrogen) atoms. The molecular formula is C10H8N2O2. The van der Waals surface area contributed by atoms with Gasteiger partial charge in [-0.05, 0) is 30.2 Å². The molecule has 0 fully saturated rings. The second-order valence-corrected chi connectivity index (χ2v) is 3.15. The lowest BCUT2D eigenvalue weighted by Gasteiger charge is -2.07. The van der Waals surface area contributed by atoms with Gasteiger partial charge in [0, 0.05) is 6.54 Å². The summed E-state index contributed by atoms with van der Waals surface area (Å²) in [6.45, 7) is 0.648. The molecule has 1 aromatic rings. The van der Waals surface area contributed by atoms with E-state index in [1.807, 2.05) is 0 Å². The lowest BCUT2D eigenvalue weighted by atomic mass is 10.1. The zero-order valence-corrected chi connectivity index (χ0v) is 7.40. The van der Waals surface area contributed by atoms with Crippen LogP contribution < -0.4 is 4.90 Å². The number of rotatable bonds is 1. The Bertz CT molecular complexity index is 434. The fraction of sp³-hybridized carbons (Fsp3) is 0.200. The molecule has 0 unspecified atom stereocenters. The van der Waals surface area contributed by atoms with Gasteiger partial charge in [-0.25, -0.2) is 4.79 Å². The van der Waals surface area contributed by atoms with Gasteiger partial charge in [-0.1, -0.05) is 0 Å². The molecule has 0 spiro atoms. The van der Waals surface area contributed by atoms with Gasteiger partial charge in [-0.3, -0.25) is 4.90 Å². The first-order valence-corrected chi connectivity index (χ1v) is 4.26. The molecule has 1 aromatic carbocycles. The summed E-state index contributed by atoms with van der Waals surface area (Å²) >= 11 is 0. The average molecular weight is 188 g/mol. The number of carbonyl (C=O) groups is 1. The number of aromatic carboxylic acids is 1. The predicted molar refractivity (Wildman–Crippen MR) is 50.1 cm³/mol. The summed E-state index contributed by atoms with van der Waals surface area (Å²) in [5, 5.41) is 17.5. The van der Waals surface area contributed by atoms with Crippen molar-refractivity contribution in [2.45, 2.75) is 6.42 Å². The molecule has 1 heterocycles. The molecule has 4 nitrogen and oxygen atoms in total. The SMILES string of the molecule is N#CN1CCc2cc(C(=O)O)ccc21. The van der Waals surface area contributed by atoms with Crippen LogP contribution in [0, 0.1) is 11.5 Å². The van der Waals surface area contributed by atoms with E-state index < -0.39 is 5.97 Å². The van der Waals surface area contributed by atoms with Crippen LogP contribution in [0.3, 0.4) is 0 Å². The lowest BCUT2D eigenvalue weighted by molar-refractivity contribution is 0.0697. The Balaban J connectivity index is 2.45. The molecule has 0 saturated carbocycles. The van der Waals surface area contributed by atoms with E-state index in [2.05, 4.69) is 6.19 Å². The van der Waals surface area contributed by atoms with Gasteiger partial charge in [0.2, 0.25) is 0 Å². The molecule has 1 aliphatic rings. The van der Waals surface area contributed by atoms with Crippen molar-refractivity contribution in [3.63, 3.8) is 0 Å². The van der Waals surface area contributed by atoms with Gasteiger partial charge >= 0.3 is 5.97 Å². The van der Waals surface area contributed by atoms with Crippen molar-refractivity contribution < 1.29 is 9.90 Å². The van der Waals surface area contributed by atoms with Crippen molar-refractivity contribution in [3.05, 3.63) is 29.3 Å². The standard InChI is InChI=1S/C10H8N2O2/c11-6-12-4-3-7-5-8(10(13)14)1-2-9(7)12/h1-2,5H,3-4H2,(H,13,14). The Morgan fingerprint density at radius 3 is 3.00 bits per heavy atom. The van der Waals surface area contributed by atoms with E-state index in [1.165, 1.54) is 6.07 Å². The molecule has 0 aromatic heterocycles. The number of hydrogen-bond acceptors (Lipinski definition) is 3. The van der Waals surface area contributed by atoms with E-state index in [4.69, 9.17) is 10.4 Å². The van der Waals surface area contributed by atoms with E-state index in [9.17, 15) is 4.79 Å². The van der Waals surface area contributed by atoms with Gasteiger partial charge < -0.3 is 5.11 Å². The number of carboxylic acids is 1. The van der Waals surface area contributed by atoms with Crippen LogP contribution in [-0.4, -0.2) is 17.6 Å². The summed E-state index contributed by atoms with van der Waals surface area (Å²) in [4.78, 5) is 12.2. The molecular weight excluding hydrogens is 180 g/mol. The minimum Gasteiger partial charge on any atom is -0.478 e. The first-order chi connectivity index (χ1) is 6.72. The van der Waals surface area contributed by atoms with Crippen LogP contribution in [-0.2, 0) is 6.42 Å². The Hall–Kier alpha value is -2.02. The third-order valence-corrected chi connectivity index (χ3v) is 2.34. The van der Waals surface area contributed by atoms with Gasteiger partial charge in [0.05, 0.1) is 11.3 Å². The van der Waals surface area contributed by atoms with Crippen LogP contribution in [0.2, 0.25) is 0 Å². The van der Waals surface area contributed by atoms with Crippen molar-refractivity contribution >= 4 is 11.7 Å².